The lowest BCUT2D eigenvalue weighted by molar-refractivity contribution is -0.123. The summed E-state index contributed by atoms with van der Waals surface area (Å²) in [5.41, 5.74) is -1.02. The topological polar surface area (TPSA) is 123 Å². The van der Waals surface area contributed by atoms with Gasteiger partial charge in [0.05, 0.1) is 5.75 Å². The molecule has 0 bridgehead atoms. The number of carbonyl (C=O) groups is 1. The molecule has 1 unspecified atom stereocenters. The number of aromatic nitrogens is 5. The minimum Gasteiger partial charge on any atom is -0.293 e. The van der Waals surface area contributed by atoms with Crippen LogP contribution in [0.4, 0.5) is 5.95 Å². The van der Waals surface area contributed by atoms with Crippen LogP contribution >= 0.6 is 0 Å². The van der Waals surface area contributed by atoms with Crippen molar-refractivity contribution in [3.8, 4) is 5.95 Å². The fourth-order valence-corrected chi connectivity index (χ4v) is 5.37. The third kappa shape index (κ3) is 2.19. The molecular weight excluding hydrogens is 334 g/mol. The van der Waals surface area contributed by atoms with Gasteiger partial charge >= 0.3 is 0 Å². The largest absolute Gasteiger partial charge is 0.293 e. The van der Waals surface area contributed by atoms with Crippen molar-refractivity contribution in [3.05, 3.63) is 24.8 Å². The zero-order chi connectivity index (χ0) is 16.8. The van der Waals surface area contributed by atoms with E-state index >= 15 is 0 Å². The molecule has 0 aromatic carbocycles. The summed E-state index contributed by atoms with van der Waals surface area (Å²) in [6, 6.07) is 1.66. The lowest BCUT2D eigenvalue weighted by Gasteiger charge is -2.28. The Morgan fingerprint density at radius 2 is 2.00 bits per heavy atom. The van der Waals surface area contributed by atoms with Crippen molar-refractivity contribution in [3.63, 3.8) is 0 Å². The van der Waals surface area contributed by atoms with E-state index in [4.69, 9.17) is 0 Å². The van der Waals surface area contributed by atoms with Crippen LogP contribution in [0.2, 0.25) is 0 Å². The van der Waals surface area contributed by atoms with Crippen LogP contribution < -0.4 is 5.32 Å². The van der Waals surface area contributed by atoms with E-state index in [-0.39, 0.29) is 30.0 Å². The van der Waals surface area contributed by atoms with Gasteiger partial charge in [-0.2, -0.15) is 19.1 Å². The van der Waals surface area contributed by atoms with Gasteiger partial charge in [0.15, 0.2) is 0 Å². The molecule has 0 saturated carbocycles. The summed E-state index contributed by atoms with van der Waals surface area (Å²) < 4.78 is 26.9. The van der Waals surface area contributed by atoms with Crippen LogP contribution in [-0.2, 0) is 14.8 Å². The maximum Gasteiger partial charge on any atom is 0.253 e. The van der Waals surface area contributed by atoms with Crippen LogP contribution in [0, 0.1) is 0 Å². The number of amides is 1. The number of anilines is 1. The van der Waals surface area contributed by atoms with Crippen molar-refractivity contribution >= 4 is 21.9 Å². The van der Waals surface area contributed by atoms with Crippen LogP contribution in [0.5, 0.6) is 0 Å². The standard InChI is InChI=1S/C13H15N7O3S/c21-10(13-3-1-7-19(13)24(22,23)8-4-13)18-12-16-9-17-20(12)11-14-5-2-6-15-11/h2,5-6,9H,1,3-4,7-8H2,(H,16,17,18,21). The van der Waals surface area contributed by atoms with E-state index in [1.165, 1.54) is 15.3 Å². The van der Waals surface area contributed by atoms with Crippen molar-refractivity contribution in [2.24, 2.45) is 0 Å². The highest BCUT2D eigenvalue weighted by Crippen LogP contribution is 2.41. The third-order valence-corrected chi connectivity index (χ3v) is 6.40. The number of hydrogen-bond donors (Lipinski definition) is 1. The van der Waals surface area contributed by atoms with Gasteiger partial charge in [0, 0.05) is 18.9 Å². The van der Waals surface area contributed by atoms with E-state index in [0.29, 0.717) is 19.4 Å². The van der Waals surface area contributed by atoms with E-state index < -0.39 is 15.6 Å². The molecule has 4 rings (SSSR count). The minimum absolute atomic E-state index is 0.00505. The predicted octanol–water partition coefficient (Wildman–Crippen LogP) is -0.436. The molecule has 11 heteroatoms. The molecule has 0 radical (unpaired) electrons. The number of nitrogens with zero attached hydrogens (tertiary/aromatic N) is 6. The number of carbonyl (C=O) groups excluding carboxylic acids is 1. The van der Waals surface area contributed by atoms with Gasteiger partial charge in [0.1, 0.15) is 11.9 Å². The molecule has 4 heterocycles. The number of nitrogens with one attached hydrogen (secondary N) is 1. The molecule has 2 aromatic rings. The molecule has 2 aliphatic heterocycles. The molecule has 1 N–H and O–H groups in total. The zero-order valence-corrected chi connectivity index (χ0v) is 13.5. The van der Waals surface area contributed by atoms with Crippen molar-refractivity contribution in [2.75, 3.05) is 17.6 Å². The van der Waals surface area contributed by atoms with Gasteiger partial charge in [-0.3, -0.25) is 10.1 Å². The van der Waals surface area contributed by atoms with Crippen molar-refractivity contribution in [2.45, 2.75) is 24.8 Å². The van der Waals surface area contributed by atoms with Gasteiger partial charge in [0.25, 0.3) is 5.95 Å². The summed E-state index contributed by atoms with van der Waals surface area (Å²) in [7, 11) is -3.36. The first-order chi connectivity index (χ1) is 11.5. The molecule has 10 nitrogen and oxygen atoms in total. The summed E-state index contributed by atoms with van der Waals surface area (Å²) in [5.74, 6) is 0.0441. The van der Waals surface area contributed by atoms with Crippen LogP contribution in [-0.4, -0.2) is 61.2 Å². The SMILES string of the molecule is O=C(Nc1ncnn1-c1ncccn1)C12CCCN1S(=O)(=O)CC2. The minimum atomic E-state index is -3.36. The molecule has 126 valence electrons. The molecule has 0 aliphatic carbocycles. The molecule has 24 heavy (non-hydrogen) atoms. The number of fused-ring (bicyclic) bond motifs is 1. The summed E-state index contributed by atoms with van der Waals surface area (Å²) in [6.07, 6.45) is 5.85. The summed E-state index contributed by atoms with van der Waals surface area (Å²) in [6.45, 7) is 0.379. The Balaban J connectivity index is 1.64. The highest BCUT2D eigenvalue weighted by Gasteiger charge is 2.57. The normalized spacial score (nSPS) is 25.5. The molecule has 2 saturated heterocycles. The van der Waals surface area contributed by atoms with E-state index in [0.717, 1.165) is 0 Å². The molecule has 1 atom stereocenters. The Morgan fingerprint density at radius 3 is 2.79 bits per heavy atom. The molecule has 1 amide bonds. The quantitative estimate of drug-likeness (QED) is 0.797. The highest BCUT2D eigenvalue weighted by atomic mass is 32.2. The summed E-state index contributed by atoms with van der Waals surface area (Å²) in [4.78, 5) is 25.0. The Labute approximate surface area is 138 Å². The Kier molecular flexibility index (Phi) is 3.35. The van der Waals surface area contributed by atoms with Crippen LogP contribution in [0.25, 0.3) is 5.95 Å². The van der Waals surface area contributed by atoms with Crippen LogP contribution in [0.1, 0.15) is 19.3 Å². The monoisotopic (exact) mass is 349 g/mol. The van der Waals surface area contributed by atoms with Crippen molar-refractivity contribution in [1.29, 1.82) is 0 Å². The Morgan fingerprint density at radius 1 is 1.21 bits per heavy atom. The predicted molar refractivity (Wildman–Crippen MR) is 82.7 cm³/mol. The molecular formula is C13H15N7O3S. The van der Waals surface area contributed by atoms with Crippen LogP contribution in [0.15, 0.2) is 24.8 Å². The third-order valence-electron chi connectivity index (χ3n) is 4.48. The fraction of sp³-hybridized carbons (Fsp3) is 0.462. The second-order valence-electron chi connectivity index (χ2n) is 5.77. The fourth-order valence-electron chi connectivity index (χ4n) is 3.35. The Bertz CT molecular complexity index is 882. The first-order valence-electron chi connectivity index (χ1n) is 7.52. The molecule has 2 fully saturated rings. The van der Waals surface area contributed by atoms with Gasteiger partial charge in [-0.05, 0) is 25.3 Å². The zero-order valence-electron chi connectivity index (χ0n) is 12.7. The second kappa shape index (κ2) is 5.31. The summed E-state index contributed by atoms with van der Waals surface area (Å²) in [5, 5.41) is 6.71. The molecule has 0 spiro atoms. The van der Waals surface area contributed by atoms with Crippen LogP contribution in [0.3, 0.4) is 0 Å². The van der Waals surface area contributed by atoms with E-state index in [2.05, 4.69) is 25.4 Å². The lowest BCUT2D eigenvalue weighted by Crippen LogP contribution is -2.50. The lowest BCUT2D eigenvalue weighted by atomic mass is 9.93. The average molecular weight is 349 g/mol. The summed E-state index contributed by atoms with van der Waals surface area (Å²) >= 11 is 0. The van der Waals surface area contributed by atoms with Gasteiger partial charge in [-0.1, -0.05) is 0 Å². The maximum atomic E-state index is 12.8. The van der Waals surface area contributed by atoms with Gasteiger partial charge in [-0.15, -0.1) is 0 Å². The maximum absolute atomic E-state index is 12.8. The smallest absolute Gasteiger partial charge is 0.253 e. The van der Waals surface area contributed by atoms with Gasteiger partial charge < -0.3 is 0 Å². The Hall–Kier alpha value is -2.40. The van der Waals surface area contributed by atoms with Gasteiger partial charge in [-0.25, -0.2) is 18.4 Å². The molecule has 2 aromatic heterocycles. The number of hydrogen-bond acceptors (Lipinski definition) is 7. The van der Waals surface area contributed by atoms with E-state index in [1.807, 2.05) is 0 Å². The van der Waals surface area contributed by atoms with Crippen molar-refractivity contribution in [1.82, 2.24) is 29.0 Å². The number of rotatable bonds is 3. The molecule has 2 aliphatic rings. The number of sulfonamides is 1. The van der Waals surface area contributed by atoms with Gasteiger partial charge in [0.2, 0.25) is 21.9 Å². The van der Waals surface area contributed by atoms with E-state index in [1.54, 1.807) is 18.5 Å². The van der Waals surface area contributed by atoms with E-state index in [9.17, 15) is 13.2 Å². The first kappa shape index (κ1) is 15.1. The average Bonchev–Trinajstić information content (AvgIpc) is 3.26. The van der Waals surface area contributed by atoms with Crippen molar-refractivity contribution < 1.29 is 13.2 Å². The first-order valence-corrected chi connectivity index (χ1v) is 9.13. The highest BCUT2D eigenvalue weighted by molar-refractivity contribution is 7.89. The second-order valence-corrected chi connectivity index (χ2v) is 7.78.